The minimum Gasteiger partial charge on any atom is -0.481 e. The number of likely N-dealkylation sites (tertiary alicyclic amines) is 1. The second kappa shape index (κ2) is 6.02. The van der Waals surface area contributed by atoms with Crippen molar-refractivity contribution in [2.45, 2.75) is 38.5 Å². The van der Waals surface area contributed by atoms with Gasteiger partial charge in [-0.05, 0) is 49.4 Å². The second-order valence-corrected chi connectivity index (χ2v) is 6.19. The summed E-state index contributed by atoms with van der Waals surface area (Å²) in [5.41, 5.74) is 6.03. The molecule has 21 heavy (non-hydrogen) atoms. The number of unbranched alkanes of at least 4 members (excludes halogenated alkanes) is 1. The monoisotopic (exact) mass is 285 g/mol. The van der Waals surface area contributed by atoms with Gasteiger partial charge in [-0.3, -0.25) is 4.79 Å². The summed E-state index contributed by atoms with van der Waals surface area (Å²) in [6, 6.07) is 8.78. The molecule has 0 amide bonds. The van der Waals surface area contributed by atoms with Gasteiger partial charge < -0.3 is 10.0 Å². The van der Waals surface area contributed by atoms with Crippen LogP contribution in [0.25, 0.3) is 5.57 Å². The molecule has 1 aromatic carbocycles. The zero-order valence-electron chi connectivity index (χ0n) is 12.6. The number of rotatable bonds is 5. The molecule has 0 bridgehead atoms. The minimum atomic E-state index is -0.681. The highest BCUT2D eigenvalue weighted by Crippen LogP contribution is 2.45. The van der Waals surface area contributed by atoms with E-state index in [0.29, 0.717) is 12.3 Å². The zero-order chi connectivity index (χ0) is 14.8. The molecule has 0 spiro atoms. The van der Waals surface area contributed by atoms with E-state index >= 15 is 0 Å². The SMILES string of the molecule is CC1=C2CCN(CCCCC(=O)O)CC2c2ccccc21. The molecule has 1 fully saturated rings. The summed E-state index contributed by atoms with van der Waals surface area (Å²) < 4.78 is 0. The molecule has 3 nitrogen and oxygen atoms in total. The molecule has 1 atom stereocenters. The molecule has 2 aliphatic rings. The topological polar surface area (TPSA) is 40.5 Å². The maximum atomic E-state index is 10.6. The molecule has 3 heteroatoms. The summed E-state index contributed by atoms with van der Waals surface area (Å²) in [5.74, 6) is -0.117. The van der Waals surface area contributed by atoms with Crippen molar-refractivity contribution < 1.29 is 9.90 Å². The highest BCUT2D eigenvalue weighted by atomic mass is 16.4. The van der Waals surface area contributed by atoms with E-state index in [1.807, 2.05) is 0 Å². The average Bonchev–Trinajstić information content (AvgIpc) is 2.77. The first-order valence-corrected chi connectivity index (χ1v) is 7.90. The van der Waals surface area contributed by atoms with Crippen LogP contribution >= 0.6 is 0 Å². The van der Waals surface area contributed by atoms with E-state index in [1.165, 1.54) is 16.7 Å². The van der Waals surface area contributed by atoms with Crippen LogP contribution in [0.5, 0.6) is 0 Å². The number of hydrogen-bond donors (Lipinski definition) is 1. The zero-order valence-corrected chi connectivity index (χ0v) is 12.6. The maximum Gasteiger partial charge on any atom is 0.303 e. The number of allylic oxidation sites excluding steroid dienone is 1. The predicted octanol–water partition coefficient (Wildman–Crippen LogP) is 3.52. The number of benzene rings is 1. The summed E-state index contributed by atoms with van der Waals surface area (Å²) in [5, 5.41) is 8.69. The van der Waals surface area contributed by atoms with Gasteiger partial charge in [0.25, 0.3) is 0 Å². The fourth-order valence-electron chi connectivity index (χ4n) is 3.78. The Hall–Kier alpha value is -1.61. The van der Waals surface area contributed by atoms with Gasteiger partial charge in [0.05, 0.1) is 0 Å². The van der Waals surface area contributed by atoms with Crippen LogP contribution in [-0.4, -0.2) is 35.6 Å². The molecule has 112 valence electrons. The Morgan fingerprint density at radius 3 is 2.95 bits per heavy atom. The van der Waals surface area contributed by atoms with Crippen LogP contribution in [0.3, 0.4) is 0 Å². The third-order valence-electron chi connectivity index (χ3n) is 4.90. The number of nitrogens with zero attached hydrogens (tertiary/aromatic N) is 1. The van der Waals surface area contributed by atoms with Crippen molar-refractivity contribution in [2.24, 2.45) is 0 Å². The van der Waals surface area contributed by atoms with Crippen molar-refractivity contribution in [3.63, 3.8) is 0 Å². The molecule has 1 heterocycles. The first-order chi connectivity index (χ1) is 10.2. The van der Waals surface area contributed by atoms with Crippen molar-refractivity contribution >= 4 is 11.5 Å². The van der Waals surface area contributed by atoms with Crippen LogP contribution in [0.4, 0.5) is 0 Å². The molecule has 1 aliphatic heterocycles. The molecular formula is C18H23NO2. The Labute approximate surface area is 126 Å². The van der Waals surface area contributed by atoms with Crippen LogP contribution in [0.15, 0.2) is 29.8 Å². The van der Waals surface area contributed by atoms with Gasteiger partial charge in [0.1, 0.15) is 0 Å². The number of fused-ring (bicyclic) bond motifs is 3. The molecule has 1 aromatic rings. The van der Waals surface area contributed by atoms with Crippen molar-refractivity contribution in [1.82, 2.24) is 4.90 Å². The van der Waals surface area contributed by atoms with Gasteiger partial charge in [-0.25, -0.2) is 0 Å². The van der Waals surface area contributed by atoms with E-state index in [1.54, 1.807) is 5.57 Å². The predicted molar refractivity (Wildman–Crippen MR) is 84.3 cm³/mol. The lowest BCUT2D eigenvalue weighted by atomic mass is 9.89. The fourth-order valence-corrected chi connectivity index (χ4v) is 3.78. The molecule has 0 saturated carbocycles. The number of piperidine rings is 1. The van der Waals surface area contributed by atoms with E-state index < -0.39 is 5.97 Å². The standard InChI is InChI=1S/C18H23NO2/c1-13-14-6-2-3-7-16(14)17-12-19(11-9-15(13)17)10-5-4-8-18(20)21/h2-3,6-7,17H,4-5,8-12H2,1H3,(H,20,21). The molecule has 3 rings (SSSR count). The van der Waals surface area contributed by atoms with Gasteiger partial charge in [-0.2, -0.15) is 0 Å². The van der Waals surface area contributed by atoms with Gasteiger partial charge in [-0.1, -0.05) is 29.8 Å². The van der Waals surface area contributed by atoms with E-state index in [4.69, 9.17) is 5.11 Å². The second-order valence-electron chi connectivity index (χ2n) is 6.19. The first-order valence-electron chi connectivity index (χ1n) is 7.90. The number of hydrogen-bond acceptors (Lipinski definition) is 2. The van der Waals surface area contributed by atoms with Gasteiger partial charge in [-0.15, -0.1) is 0 Å². The van der Waals surface area contributed by atoms with Crippen LogP contribution in [0.2, 0.25) is 0 Å². The molecule has 1 aliphatic carbocycles. The van der Waals surface area contributed by atoms with E-state index in [2.05, 4.69) is 36.1 Å². The van der Waals surface area contributed by atoms with Gasteiger partial charge in [0.2, 0.25) is 0 Å². The maximum absolute atomic E-state index is 10.6. The molecule has 1 unspecified atom stereocenters. The van der Waals surface area contributed by atoms with E-state index in [9.17, 15) is 4.79 Å². The third kappa shape index (κ3) is 2.88. The summed E-state index contributed by atoms with van der Waals surface area (Å²) in [7, 11) is 0. The molecule has 1 N–H and O–H groups in total. The van der Waals surface area contributed by atoms with Crippen molar-refractivity contribution in [3.05, 3.63) is 41.0 Å². The van der Waals surface area contributed by atoms with Crippen molar-refractivity contribution in [3.8, 4) is 0 Å². The Bertz CT molecular complexity index is 576. The van der Waals surface area contributed by atoms with Gasteiger partial charge in [0, 0.05) is 25.4 Å². The van der Waals surface area contributed by atoms with E-state index in [-0.39, 0.29) is 0 Å². The van der Waals surface area contributed by atoms with Crippen LogP contribution < -0.4 is 0 Å². The van der Waals surface area contributed by atoms with Crippen molar-refractivity contribution in [2.75, 3.05) is 19.6 Å². The lowest BCUT2D eigenvalue weighted by Gasteiger charge is -2.33. The third-order valence-corrected chi connectivity index (χ3v) is 4.90. The molecule has 1 saturated heterocycles. The lowest BCUT2D eigenvalue weighted by molar-refractivity contribution is -0.137. The Morgan fingerprint density at radius 1 is 1.33 bits per heavy atom. The van der Waals surface area contributed by atoms with Gasteiger partial charge in [0.15, 0.2) is 0 Å². The number of aliphatic carboxylic acids is 1. The van der Waals surface area contributed by atoms with Crippen LogP contribution in [0, 0.1) is 0 Å². The normalized spacial score (nSPS) is 21.3. The van der Waals surface area contributed by atoms with E-state index in [0.717, 1.165) is 38.9 Å². The Kier molecular flexibility index (Phi) is 4.11. The van der Waals surface area contributed by atoms with Gasteiger partial charge >= 0.3 is 5.97 Å². The average molecular weight is 285 g/mol. The summed E-state index contributed by atoms with van der Waals surface area (Å²) in [6.07, 6.45) is 3.22. The quantitative estimate of drug-likeness (QED) is 0.842. The molecular weight excluding hydrogens is 262 g/mol. The minimum absolute atomic E-state index is 0.296. The first kappa shape index (κ1) is 14.3. The Morgan fingerprint density at radius 2 is 2.14 bits per heavy atom. The van der Waals surface area contributed by atoms with Crippen LogP contribution in [-0.2, 0) is 4.79 Å². The summed E-state index contributed by atoms with van der Waals surface area (Å²) in [6.45, 7) is 5.50. The highest BCUT2D eigenvalue weighted by molar-refractivity contribution is 5.77. The number of carboxylic acid groups (broad SMARTS) is 1. The van der Waals surface area contributed by atoms with Crippen molar-refractivity contribution in [1.29, 1.82) is 0 Å². The Balaban J connectivity index is 1.62. The number of carbonyl (C=O) groups is 1. The summed E-state index contributed by atoms with van der Waals surface area (Å²) >= 11 is 0. The van der Waals surface area contributed by atoms with Crippen LogP contribution in [0.1, 0.15) is 49.7 Å². The smallest absolute Gasteiger partial charge is 0.303 e. The number of carboxylic acids is 1. The molecule has 0 aromatic heterocycles. The lowest BCUT2D eigenvalue weighted by Crippen LogP contribution is -2.35. The fraction of sp³-hybridized carbons (Fsp3) is 0.500. The molecule has 0 radical (unpaired) electrons. The largest absolute Gasteiger partial charge is 0.481 e. The highest BCUT2D eigenvalue weighted by Gasteiger charge is 2.33. The summed E-state index contributed by atoms with van der Waals surface area (Å²) in [4.78, 5) is 13.1.